The maximum atomic E-state index is 10.2. The van der Waals surface area contributed by atoms with Gasteiger partial charge in [0.2, 0.25) is 0 Å². The van der Waals surface area contributed by atoms with Crippen LogP contribution in [-0.2, 0) is 0 Å². The molecule has 0 saturated heterocycles. The average molecular weight is 326 g/mol. The summed E-state index contributed by atoms with van der Waals surface area (Å²) in [6.45, 7) is 0. The van der Waals surface area contributed by atoms with E-state index in [-0.39, 0.29) is 5.75 Å². The second-order valence-electron chi connectivity index (χ2n) is 5.07. The number of nitrogens with one attached hydrogen (secondary N) is 1. The fraction of sp³-hybridized carbons (Fsp3) is 0. The molecule has 2 N–H and O–H groups in total. The van der Waals surface area contributed by atoms with Gasteiger partial charge in [-0.1, -0.05) is 35.9 Å². The quantitative estimate of drug-likeness (QED) is 0.465. The third-order valence-electron chi connectivity index (χ3n) is 3.49. The molecule has 0 spiro atoms. The van der Waals surface area contributed by atoms with Crippen molar-refractivity contribution in [2.24, 2.45) is 0 Å². The number of anilines is 2. The van der Waals surface area contributed by atoms with Gasteiger partial charge in [-0.3, -0.25) is 0 Å². The van der Waals surface area contributed by atoms with Crippen LogP contribution in [0, 0.1) is 0 Å². The van der Waals surface area contributed by atoms with Gasteiger partial charge in [0.05, 0.1) is 16.4 Å². The molecule has 0 fully saturated rings. The van der Waals surface area contributed by atoms with Gasteiger partial charge in [-0.25, -0.2) is 0 Å². The smallest absolute Gasteiger partial charge is 0.173 e. The first-order valence-corrected chi connectivity index (χ1v) is 7.42. The maximum absolute atomic E-state index is 10.2. The van der Waals surface area contributed by atoms with E-state index in [2.05, 4.69) is 5.32 Å². The van der Waals surface area contributed by atoms with Crippen LogP contribution in [0.15, 0.2) is 60.7 Å². The number of phenols is 1. The summed E-state index contributed by atoms with van der Waals surface area (Å²) < 4.78 is 11.6. The second kappa shape index (κ2) is 5.41. The lowest BCUT2D eigenvalue weighted by Gasteiger charge is -2.22. The molecule has 1 aliphatic rings. The standard InChI is InChI=1S/C18H12ClNO3/c19-11-5-1-2-6-12(11)20-13-9-17-18(10-14(13)21)23-16-8-4-3-7-15(16)22-17/h1-10,20-21H. The van der Waals surface area contributed by atoms with E-state index in [1.807, 2.05) is 42.5 Å². The zero-order chi connectivity index (χ0) is 15.8. The van der Waals surface area contributed by atoms with Crippen molar-refractivity contribution in [1.82, 2.24) is 0 Å². The SMILES string of the molecule is Oc1cc2c(cc1Nc1ccccc1Cl)Oc1ccccc1O2. The molecule has 4 nitrogen and oxygen atoms in total. The molecule has 0 atom stereocenters. The maximum Gasteiger partial charge on any atom is 0.173 e. The third kappa shape index (κ3) is 2.53. The van der Waals surface area contributed by atoms with E-state index in [1.54, 1.807) is 12.1 Å². The Morgan fingerprint density at radius 1 is 0.739 bits per heavy atom. The molecule has 0 aromatic heterocycles. The summed E-state index contributed by atoms with van der Waals surface area (Å²) in [5.74, 6) is 2.29. The number of halogens is 1. The predicted octanol–water partition coefficient (Wildman–Crippen LogP) is 5.69. The molecule has 0 bridgehead atoms. The normalized spacial score (nSPS) is 11.7. The van der Waals surface area contributed by atoms with Crippen LogP contribution in [0.5, 0.6) is 28.7 Å². The molecule has 1 aliphatic heterocycles. The molecule has 114 valence electrons. The second-order valence-corrected chi connectivity index (χ2v) is 5.48. The Balaban J connectivity index is 1.71. The van der Waals surface area contributed by atoms with Crippen LogP contribution in [0.1, 0.15) is 0 Å². The van der Waals surface area contributed by atoms with Crippen molar-refractivity contribution in [2.45, 2.75) is 0 Å². The van der Waals surface area contributed by atoms with Gasteiger partial charge in [0.15, 0.2) is 23.0 Å². The molecule has 0 unspecified atom stereocenters. The highest BCUT2D eigenvalue weighted by molar-refractivity contribution is 6.33. The van der Waals surface area contributed by atoms with Crippen molar-refractivity contribution >= 4 is 23.0 Å². The number of rotatable bonds is 2. The molecule has 5 heteroatoms. The number of ether oxygens (including phenoxy) is 2. The Hall–Kier alpha value is -2.85. The first-order chi connectivity index (χ1) is 11.2. The highest BCUT2D eigenvalue weighted by atomic mass is 35.5. The molecule has 4 rings (SSSR count). The fourth-order valence-corrected chi connectivity index (χ4v) is 2.56. The number of phenolic OH excluding ortho intramolecular Hbond substituents is 1. The van der Waals surface area contributed by atoms with E-state index in [1.165, 1.54) is 6.07 Å². The van der Waals surface area contributed by atoms with Gasteiger partial charge in [-0.15, -0.1) is 0 Å². The van der Waals surface area contributed by atoms with Crippen molar-refractivity contribution < 1.29 is 14.6 Å². The lowest BCUT2D eigenvalue weighted by Crippen LogP contribution is -2.00. The Morgan fingerprint density at radius 2 is 1.35 bits per heavy atom. The fourth-order valence-electron chi connectivity index (χ4n) is 2.37. The number of hydrogen-bond donors (Lipinski definition) is 2. The minimum absolute atomic E-state index is 0.0478. The van der Waals surface area contributed by atoms with Crippen molar-refractivity contribution in [1.29, 1.82) is 0 Å². The lowest BCUT2D eigenvalue weighted by molar-refractivity contribution is 0.356. The zero-order valence-corrected chi connectivity index (χ0v) is 12.7. The Labute approximate surface area is 137 Å². The van der Waals surface area contributed by atoms with Crippen molar-refractivity contribution in [3.8, 4) is 28.7 Å². The third-order valence-corrected chi connectivity index (χ3v) is 3.82. The first kappa shape index (κ1) is 13.8. The number of benzene rings is 3. The summed E-state index contributed by atoms with van der Waals surface area (Å²) in [5.41, 5.74) is 1.18. The van der Waals surface area contributed by atoms with Crippen molar-refractivity contribution in [3.63, 3.8) is 0 Å². The first-order valence-electron chi connectivity index (χ1n) is 7.04. The summed E-state index contributed by atoms with van der Waals surface area (Å²) in [5, 5.41) is 13.9. The summed E-state index contributed by atoms with van der Waals surface area (Å²) >= 11 is 6.14. The van der Waals surface area contributed by atoms with Gasteiger partial charge in [-0.05, 0) is 24.3 Å². The molecular formula is C18H12ClNO3. The number of fused-ring (bicyclic) bond motifs is 2. The van der Waals surface area contributed by atoms with Crippen LogP contribution < -0.4 is 14.8 Å². The van der Waals surface area contributed by atoms with E-state index < -0.39 is 0 Å². The Morgan fingerprint density at radius 3 is 2.04 bits per heavy atom. The van der Waals surface area contributed by atoms with Gasteiger partial charge in [-0.2, -0.15) is 0 Å². The van der Waals surface area contributed by atoms with Gasteiger partial charge >= 0.3 is 0 Å². The minimum Gasteiger partial charge on any atom is -0.506 e. The van der Waals surface area contributed by atoms with Crippen molar-refractivity contribution in [3.05, 3.63) is 65.7 Å². The predicted molar refractivity (Wildman–Crippen MR) is 89.4 cm³/mol. The molecule has 0 amide bonds. The number of aromatic hydroxyl groups is 1. The van der Waals surface area contributed by atoms with E-state index in [9.17, 15) is 5.11 Å². The highest BCUT2D eigenvalue weighted by Crippen LogP contribution is 2.48. The summed E-state index contributed by atoms with van der Waals surface area (Å²) in [6, 6.07) is 17.9. The highest BCUT2D eigenvalue weighted by Gasteiger charge is 2.21. The molecule has 23 heavy (non-hydrogen) atoms. The van der Waals surface area contributed by atoms with Gasteiger partial charge in [0, 0.05) is 12.1 Å². The van der Waals surface area contributed by atoms with E-state index >= 15 is 0 Å². The molecular weight excluding hydrogens is 314 g/mol. The zero-order valence-electron chi connectivity index (χ0n) is 11.9. The Bertz CT molecular complexity index is 895. The van der Waals surface area contributed by atoms with Crippen LogP contribution in [0.3, 0.4) is 0 Å². The van der Waals surface area contributed by atoms with Crippen molar-refractivity contribution in [2.75, 3.05) is 5.32 Å². The van der Waals surface area contributed by atoms with E-state index in [0.717, 1.165) is 0 Å². The topological polar surface area (TPSA) is 50.7 Å². The van der Waals surface area contributed by atoms with Crippen LogP contribution in [0.4, 0.5) is 11.4 Å². The molecule has 0 saturated carbocycles. The molecule has 0 aliphatic carbocycles. The molecule has 3 aromatic rings. The van der Waals surface area contributed by atoms with E-state index in [0.29, 0.717) is 39.4 Å². The molecule has 1 heterocycles. The van der Waals surface area contributed by atoms with Gasteiger partial charge < -0.3 is 19.9 Å². The Kier molecular flexibility index (Phi) is 3.24. The monoisotopic (exact) mass is 325 g/mol. The van der Waals surface area contributed by atoms with Crippen LogP contribution in [0.25, 0.3) is 0 Å². The van der Waals surface area contributed by atoms with Crippen LogP contribution in [0.2, 0.25) is 5.02 Å². The lowest BCUT2D eigenvalue weighted by atomic mass is 10.2. The van der Waals surface area contributed by atoms with E-state index in [4.69, 9.17) is 21.1 Å². The largest absolute Gasteiger partial charge is 0.506 e. The van der Waals surface area contributed by atoms with Gasteiger partial charge in [0.25, 0.3) is 0 Å². The van der Waals surface area contributed by atoms with Gasteiger partial charge in [0.1, 0.15) is 5.75 Å². The summed E-state index contributed by atoms with van der Waals surface area (Å²) in [6.07, 6.45) is 0. The average Bonchev–Trinajstić information content (AvgIpc) is 2.56. The molecule has 3 aromatic carbocycles. The van der Waals surface area contributed by atoms with Crippen LogP contribution in [-0.4, -0.2) is 5.11 Å². The number of para-hydroxylation sites is 3. The minimum atomic E-state index is 0.0478. The van der Waals surface area contributed by atoms with Crippen LogP contribution >= 0.6 is 11.6 Å². The molecule has 0 radical (unpaired) electrons. The number of hydrogen-bond acceptors (Lipinski definition) is 4. The summed E-state index contributed by atoms with van der Waals surface area (Å²) in [4.78, 5) is 0. The summed E-state index contributed by atoms with van der Waals surface area (Å²) in [7, 11) is 0.